The van der Waals surface area contributed by atoms with Gasteiger partial charge in [-0.3, -0.25) is 14.3 Å². The maximum Gasteiger partial charge on any atom is 0.416 e. The minimum absolute atomic E-state index is 0.160. The smallest absolute Gasteiger partial charge is 0.416 e. The predicted octanol–water partition coefficient (Wildman–Crippen LogP) is 7.72. The van der Waals surface area contributed by atoms with Gasteiger partial charge in [0.1, 0.15) is 5.82 Å². The zero-order valence-electron chi connectivity index (χ0n) is 23.3. The molecule has 4 aromatic rings. The van der Waals surface area contributed by atoms with Crippen LogP contribution >= 0.6 is 24.4 Å². The molecular formula is C30H31ClF4N4O3S. The van der Waals surface area contributed by atoms with E-state index < -0.39 is 17.6 Å². The molecule has 1 aliphatic rings. The number of imidazole rings is 1. The summed E-state index contributed by atoms with van der Waals surface area (Å²) >= 11 is 9.67. The number of nitrogens with zero attached hydrogens (tertiary/aromatic N) is 2. The van der Waals surface area contributed by atoms with Crippen LogP contribution in [0.5, 0.6) is 0 Å². The van der Waals surface area contributed by atoms with E-state index in [-0.39, 0.29) is 29.9 Å². The fraction of sp³-hybridized carbons (Fsp3) is 0.300. The minimum Gasteiger partial charge on any atom is -0.483 e. The third-order valence-corrected chi connectivity index (χ3v) is 7.48. The van der Waals surface area contributed by atoms with Crippen LogP contribution in [0, 0.1) is 11.7 Å². The molecule has 3 N–H and O–H groups in total. The molecule has 1 amide bonds. The Morgan fingerprint density at radius 2 is 1.72 bits per heavy atom. The van der Waals surface area contributed by atoms with Gasteiger partial charge in [0.25, 0.3) is 6.47 Å². The number of benzene rings is 3. The second-order valence-corrected chi connectivity index (χ2v) is 10.6. The van der Waals surface area contributed by atoms with E-state index in [4.69, 9.17) is 21.5 Å². The molecule has 0 radical (unpaired) electrons. The quantitative estimate of drug-likeness (QED) is 0.104. The molecule has 13 heteroatoms. The Hall–Kier alpha value is -3.61. The molecular weight excluding hydrogens is 608 g/mol. The molecule has 7 nitrogen and oxygen atoms in total. The Bertz CT molecular complexity index is 1550. The monoisotopic (exact) mass is 638 g/mol. The van der Waals surface area contributed by atoms with Gasteiger partial charge < -0.3 is 15.0 Å². The Balaban J connectivity index is 0.000000780. The molecule has 1 aromatic heterocycles. The summed E-state index contributed by atoms with van der Waals surface area (Å²) in [6.07, 6.45) is -1.65. The highest BCUT2D eigenvalue weighted by Crippen LogP contribution is 2.38. The number of carboxylic acid groups (broad SMARTS) is 1. The van der Waals surface area contributed by atoms with Gasteiger partial charge in [0.05, 0.1) is 22.3 Å². The molecule has 0 spiro atoms. The second-order valence-electron chi connectivity index (χ2n) is 9.84. The summed E-state index contributed by atoms with van der Waals surface area (Å²) in [5, 5.41) is 9.80. The highest BCUT2D eigenvalue weighted by atomic mass is 35.5. The number of hydrogen-bond acceptors (Lipinski definition) is 5. The van der Waals surface area contributed by atoms with E-state index in [1.54, 1.807) is 7.05 Å². The summed E-state index contributed by atoms with van der Waals surface area (Å²) in [7, 11) is 3.60. The number of anilines is 1. The maximum atomic E-state index is 14.2. The lowest BCUT2D eigenvalue weighted by molar-refractivity contribution is -0.137. The van der Waals surface area contributed by atoms with Gasteiger partial charge in [0, 0.05) is 13.0 Å². The predicted molar refractivity (Wildman–Crippen MR) is 163 cm³/mol. The molecule has 1 heterocycles. The van der Waals surface area contributed by atoms with Gasteiger partial charge in [-0.15, -0.1) is 0 Å². The number of rotatable bonds is 4. The molecule has 43 heavy (non-hydrogen) atoms. The van der Waals surface area contributed by atoms with Crippen molar-refractivity contribution in [1.82, 2.24) is 14.3 Å². The van der Waals surface area contributed by atoms with Crippen molar-refractivity contribution in [2.45, 2.75) is 37.8 Å². The largest absolute Gasteiger partial charge is 0.483 e. The number of halogens is 5. The number of carbonyl (C=O) groups is 2. The van der Waals surface area contributed by atoms with Gasteiger partial charge in [0.2, 0.25) is 11.2 Å². The van der Waals surface area contributed by atoms with E-state index in [1.165, 1.54) is 0 Å². The second kappa shape index (κ2) is 15.2. The first-order valence-corrected chi connectivity index (χ1v) is 14.0. The van der Waals surface area contributed by atoms with Crippen molar-refractivity contribution >= 4 is 53.5 Å². The first-order valence-electron chi connectivity index (χ1n) is 13.2. The van der Waals surface area contributed by atoms with Gasteiger partial charge in [-0.25, -0.2) is 9.37 Å². The van der Waals surface area contributed by atoms with Crippen molar-refractivity contribution in [2.24, 2.45) is 13.0 Å². The third-order valence-electron chi connectivity index (χ3n) is 7.14. The number of fused-ring (bicyclic) bond motifs is 1. The molecule has 1 aliphatic carbocycles. The maximum absolute atomic E-state index is 14.2. The van der Waals surface area contributed by atoms with E-state index in [2.05, 4.69) is 40.0 Å². The lowest BCUT2D eigenvalue weighted by Gasteiger charge is -2.29. The van der Waals surface area contributed by atoms with E-state index in [9.17, 15) is 22.4 Å². The van der Waals surface area contributed by atoms with Gasteiger partial charge in [-0.05, 0) is 90.9 Å². The first-order chi connectivity index (χ1) is 20.4. The average molecular weight is 639 g/mol. The van der Waals surface area contributed by atoms with Crippen LogP contribution in [-0.2, 0) is 22.8 Å². The SMILES string of the molecule is CNS.Cn1c(Cl)nc2cc(-c3ccc(C4CCCC(C(=O)Nc5ccc(C(F)(F)F)cc5F)C4)cc3)ccc21.O=CO. The Kier molecular flexibility index (Phi) is 12.0. The zero-order valence-corrected chi connectivity index (χ0v) is 25.0. The van der Waals surface area contributed by atoms with Gasteiger partial charge in [-0.2, -0.15) is 13.2 Å². The Labute approximate surface area is 256 Å². The summed E-state index contributed by atoms with van der Waals surface area (Å²) in [6, 6.07) is 16.4. The fourth-order valence-corrected chi connectivity index (χ4v) is 5.24. The molecule has 2 unspecified atom stereocenters. The van der Waals surface area contributed by atoms with Crippen LogP contribution in [0.15, 0.2) is 60.7 Å². The molecule has 1 fully saturated rings. The van der Waals surface area contributed by atoms with E-state index in [0.717, 1.165) is 52.7 Å². The third kappa shape index (κ3) is 8.71. The Morgan fingerprint density at radius 3 is 2.33 bits per heavy atom. The number of amides is 1. The number of aryl methyl sites for hydroxylation is 1. The van der Waals surface area contributed by atoms with Crippen LogP contribution in [0.2, 0.25) is 5.28 Å². The number of alkyl halides is 3. The first kappa shape index (κ1) is 33.9. The van der Waals surface area contributed by atoms with Crippen molar-refractivity contribution in [3.05, 3.63) is 82.9 Å². The molecule has 5 rings (SSSR count). The molecule has 0 saturated heterocycles. The molecule has 1 saturated carbocycles. The average Bonchev–Trinajstić information content (AvgIpc) is 3.26. The normalized spacial score (nSPS) is 16.4. The van der Waals surface area contributed by atoms with E-state index in [0.29, 0.717) is 24.2 Å². The van der Waals surface area contributed by atoms with E-state index in [1.807, 2.05) is 41.9 Å². The van der Waals surface area contributed by atoms with Crippen LogP contribution < -0.4 is 10.0 Å². The van der Waals surface area contributed by atoms with Crippen molar-refractivity contribution in [3.8, 4) is 11.1 Å². The van der Waals surface area contributed by atoms with Gasteiger partial charge >= 0.3 is 6.18 Å². The van der Waals surface area contributed by atoms with Crippen LogP contribution in [0.4, 0.5) is 23.2 Å². The van der Waals surface area contributed by atoms with E-state index >= 15 is 0 Å². The Morgan fingerprint density at radius 1 is 1.09 bits per heavy atom. The molecule has 230 valence electrons. The number of aromatic nitrogens is 2. The van der Waals surface area contributed by atoms with Crippen molar-refractivity contribution < 1.29 is 32.3 Å². The van der Waals surface area contributed by atoms with Crippen molar-refractivity contribution in [1.29, 1.82) is 0 Å². The molecule has 3 aromatic carbocycles. The number of carbonyl (C=O) groups excluding carboxylic acids is 1. The lowest BCUT2D eigenvalue weighted by atomic mass is 9.77. The zero-order chi connectivity index (χ0) is 31.7. The molecule has 2 atom stereocenters. The van der Waals surface area contributed by atoms with Crippen LogP contribution in [-0.4, -0.2) is 34.1 Å². The highest BCUT2D eigenvalue weighted by molar-refractivity contribution is 7.78. The van der Waals surface area contributed by atoms with Crippen molar-refractivity contribution in [2.75, 3.05) is 12.4 Å². The molecule has 0 aliphatic heterocycles. The minimum atomic E-state index is -4.64. The highest BCUT2D eigenvalue weighted by Gasteiger charge is 2.32. The van der Waals surface area contributed by atoms with Crippen molar-refractivity contribution in [3.63, 3.8) is 0 Å². The standard InChI is InChI=1S/C28H24ClF4N3O.CH5NS.CH2O2/c1-36-25-12-9-19(14-24(25)35-27(36)29)17-7-5-16(6-8-17)18-3-2-4-20(13-18)26(37)34-23-11-10-21(15-22(23)30)28(31,32)33;1-2-3;2-1-3/h5-12,14-15,18,20H,2-4,13H2,1H3,(H,34,37);2-3H,1H3;1H,(H,2,3). The summed E-state index contributed by atoms with van der Waals surface area (Å²) in [5.74, 6) is -1.66. The van der Waals surface area contributed by atoms with Crippen LogP contribution in [0.3, 0.4) is 0 Å². The summed E-state index contributed by atoms with van der Waals surface area (Å²) < 4.78 is 56.9. The summed E-state index contributed by atoms with van der Waals surface area (Å²) in [4.78, 5) is 25.6. The van der Waals surface area contributed by atoms with Gasteiger partial charge in [-0.1, -0.05) is 49.6 Å². The molecule has 0 bridgehead atoms. The van der Waals surface area contributed by atoms with Crippen LogP contribution in [0.25, 0.3) is 22.2 Å². The number of hydrogen-bond donors (Lipinski definition) is 4. The summed E-state index contributed by atoms with van der Waals surface area (Å²) in [6.45, 7) is -0.250. The number of nitrogens with one attached hydrogen (secondary N) is 2. The summed E-state index contributed by atoms with van der Waals surface area (Å²) in [5.41, 5.74) is 3.61. The topological polar surface area (TPSA) is 96.3 Å². The fourth-order valence-electron chi connectivity index (χ4n) is 5.06. The van der Waals surface area contributed by atoms with Crippen LogP contribution in [0.1, 0.15) is 42.7 Å². The van der Waals surface area contributed by atoms with Gasteiger partial charge in [0.15, 0.2) is 0 Å². The lowest BCUT2D eigenvalue weighted by Crippen LogP contribution is -2.28. The number of thiol groups is 1.